The number of halogens is 1. The number of hydrogen-bond donors (Lipinski definition) is 0. The highest BCUT2D eigenvalue weighted by atomic mass is 35.5. The summed E-state index contributed by atoms with van der Waals surface area (Å²) in [5, 5.41) is 4.35. The van der Waals surface area contributed by atoms with Crippen molar-refractivity contribution in [1.82, 2.24) is 9.78 Å². The average Bonchev–Trinajstić information content (AvgIpc) is 2.55. The van der Waals surface area contributed by atoms with Crippen LogP contribution < -0.4 is 0 Å². The molecular weight excluding hydrogens is 204 g/mol. The van der Waals surface area contributed by atoms with Gasteiger partial charge in [0.15, 0.2) is 5.69 Å². The number of aromatic nitrogens is 2. The smallest absolute Gasteiger partial charge is 0.357 e. The van der Waals surface area contributed by atoms with Crippen molar-refractivity contribution in [3.63, 3.8) is 0 Å². The molecule has 0 aliphatic rings. The quantitative estimate of drug-likeness (QED) is 0.725. The molecule has 78 valence electrons. The van der Waals surface area contributed by atoms with Gasteiger partial charge in [0.2, 0.25) is 0 Å². The summed E-state index contributed by atoms with van der Waals surface area (Å²) in [7, 11) is 1.33. The molecule has 14 heavy (non-hydrogen) atoms. The third-order valence-corrected chi connectivity index (χ3v) is 2.17. The average molecular weight is 217 g/mol. The Hall–Kier alpha value is -1.03. The van der Waals surface area contributed by atoms with E-state index < -0.39 is 5.97 Å². The first kappa shape index (κ1) is 11.0. The molecule has 1 aromatic rings. The van der Waals surface area contributed by atoms with Crippen LogP contribution in [0.5, 0.6) is 0 Å². The summed E-state index contributed by atoms with van der Waals surface area (Å²) in [6, 6.07) is 0. The molecule has 0 spiro atoms. The monoisotopic (exact) mass is 216 g/mol. The van der Waals surface area contributed by atoms with Crippen molar-refractivity contribution in [3.05, 3.63) is 16.9 Å². The Labute approximate surface area is 87.8 Å². The minimum absolute atomic E-state index is 0.336. The Kier molecular flexibility index (Phi) is 3.95. The van der Waals surface area contributed by atoms with E-state index in [4.69, 9.17) is 11.6 Å². The zero-order valence-electron chi connectivity index (χ0n) is 8.29. The van der Waals surface area contributed by atoms with Gasteiger partial charge in [0.1, 0.15) is 0 Å². The number of rotatable bonds is 4. The van der Waals surface area contributed by atoms with Gasteiger partial charge in [-0.05, 0) is 6.42 Å². The van der Waals surface area contributed by atoms with E-state index in [9.17, 15) is 4.79 Å². The van der Waals surface area contributed by atoms with Crippen molar-refractivity contribution in [3.8, 4) is 0 Å². The molecular formula is C9H13ClN2O2. The molecule has 0 saturated carbocycles. The van der Waals surface area contributed by atoms with Gasteiger partial charge in [-0.3, -0.25) is 4.68 Å². The summed E-state index contributed by atoms with van der Waals surface area (Å²) in [5.41, 5.74) is 0.336. The fourth-order valence-corrected chi connectivity index (χ4v) is 1.36. The van der Waals surface area contributed by atoms with E-state index in [0.29, 0.717) is 17.3 Å². The van der Waals surface area contributed by atoms with Gasteiger partial charge in [-0.25, -0.2) is 4.79 Å². The van der Waals surface area contributed by atoms with Gasteiger partial charge in [-0.1, -0.05) is 24.9 Å². The van der Waals surface area contributed by atoms with Crippen LogP contribution in [0.4, 0.5) is 0 Å². The minimum Gasteiger partial charge on any atom is -0.464 e. The van der Waals surface area contributed by atoms with Crippen LogP contribution in [0.3, 0.4) is 0 Å². The van der Waals surface area contributed by atoms with E-state index in [-0.39, 0.29) is 0 Å². The van der Waals surface area contributed by atoms with Gasteiger partial charge in [-0.2, -0.15) is 5.10 Å². The molecule has 0 amide bonds. The van der Waals surface area contributed by atoms with Crippen molar-refractivity contribution >= 4 is 17.6 Å². The fraction of sp³-hybridized carbons (Fsp3) is 0.556. The van der Waals surface area contributed by atoms with Crippen molar-refractivity contribution in [1.29, 1.82) is 0 Å². The zero-order chi connectivity index (χ0) is 10.6. The molecule has 5 heteroatoms. The second-order valence-corrected chi connectivity index (χ2v) is 3.32. The third kappa shape index (κ3) is 2.26. The first-order valence-corrected chi connectivity index (χ1v) is 4.88. The lowest BCUT2D eigenvalue weighted by Gasteiger charge is -2.04. The van der Waals surface area contributed by atoms with Gasteiger partial charge in [0, 0.05) is 6.54 Å². The van der Waals surface area contributed by atoms with E-state index in [1.807, 2.05) is 0 Å². The number of unbranched alkanes of at least 4 members (excludes halogenated alkanes) is 1. The van der Waals surface area contributed by atoms with Gasteiger partial charge in [-0.15, -0.1) is 0 Å². The highest BCUT2D eigenvalue weighted by Crippen LogP contribution is 2.16. The van der Waals surface area contributed by atoms with Crippen LogP contribution in [0, 0.1) is 0 Å². The maximum Gasteiger partial charge on any atom is 0.357 e. The van der Waals surface area contributed by atoms with Crippen LogP contribution >= 0.6 is 11.6 Å². The summed E-state index contributed by atoms with van der Waals surface area (Å²) in [6.45, 7) is 2.76. The Morgan fingerprint density at radius 3 is 3.00 bits per heavy atom. The number of aryl methyl sites for hydroxylation is 1. The Balaban J connectivity index is 2.88. The second kappa shape index (κ2) is 5.00. The molecule has 0 bridgehead atoms. The summed E-state index contributed by atoms with van der Waals surface area (Å²) in [5.74, 6) is -0.441. The van der Waals surface area contributed by atoms with Crippen LogP contribution in [0.1, 0.15) is 30.3 Å². The summed E-state index contributed by atoms with van der Waals surface area (Å²) in [6.07, 6.45) is 3.46. The topological polar surface area (TPSA) is 44.1 Å². The van der Waals surface area contributed by atoms with Gasteiger partial charge < -0.3 is 4.74 Å². The van der Waals surface area contributed by atoms with Crippen LogP contribution in [-0.4, -0.2) is 22.9 Å². The molecule has 1 heterocycles. The molecule has 0 atom stereocenters. The zero-order valence-corrected chi connectivity index (χ0v) is 9.04. The molecule has 0 aliphatic carbocycles. The summed E-state index contributed by atoms with van der Waals surface area (Å²) >= 11 is 5.81. The number of carbonyl (C=O) groups is 1. The number of hydrogen-bond acceptors (Lipinski definition) is 3. The number of ether oxygens (including phenoxy) is 1. The Morgan fingerprint density at radius 1 is 1.71 bits per heavy atom. The fourth-order valence-electron chi connectivity index (χ4n) is 1.14. The standard InChI is InChI=1S/C9H13ClN2O2/c1-3-4-5-12-8(9(13)14-2)7(10)6-11-12/h6H,3-5H2,1-2H3. The van der Waals surface area contributed by atoms with Gasteiger partial charge in [0.05, 0.1) is 18.3 Å². The van der Waals surface area contributed by atoms with Crippen LogP contribution in [0.2, 0.25) is 5.02 Å². The third-order valence-electron chi connectivity index (χ3n) is 1.90. The first-order valence-electron chi connectivity index (χ1n) is 4.50. The predicted octanol–water partition coefficient (Wildman–Crippen LogP) is 2.12. The maximum absolute atomic E-state index is 11.3. The minimum atomic E-state index is -0.441. The van der Waals surface area contributed by atoms with Crippen molar-refractivity contribution in [2.45, 2.75) is 26.3 Å². The molecule has 4 nitrogen and oxygen atoms in total. The largest absolute Gasteiger partial charge is 0.464 e. The summed E-state index contributed by atoms with van der Waals surface area (Å²) in [4.78, 5) is 11.3. The van der Waals surface area contributed by atoms with Crippen LogP contribution in [0.25, 0.3) is 0 Å². The SMILES string of the molecule is CCCCn1ncc(Cl)c1C(=O)OC. The van der Waals surface area contributed by atoms with Crippen molar-refractivity contribution < 1.29 is 9.53 Å². The molecule has 0 fully saturated rings. The lowest BCUT2D eigenvalue weighted by atomic mass is 10.3. The highest BCUT2D eigenvalue weighted by Gasteiger charge is 2.17. The van der Waals surface area contributed by atoms with Gasteiger partial charge >= 0.3 is 5.97 Å². The molecule has 0 aliphatic heterocycles. The van der Waals surface area contributed by atoms with Crippen molar-refractivity contribution in [2.24, 2.45) is 0 Å². The molecule has 1 aromatic heterocycles. The number of nitrogens with zero attached hydrogens (tertiary/aromatic N) is 2. The summed E-state index contributed by atoms with van der Waals surface area (Å²) < 4.78 is 6.19. The number of carbonyl (C=O) groups excluding carboxylic acids is 1. The van der Waals surface area contributed by atoms with E-state index in [2.05, 4.69) is 16.8 Å². The van der Waals surface area contributed by atoms with E-state index in [1.165, 1.54) is 13.3 Å². The predicted molar refractivity (Wildman–Crippen MR) is 53.5 cm³/mol. The molecule has 0 radical (unpaired) electrons. The maximum atomic E-state index is 11.3. The Bertz CT molecular complexity index is 323. The lowest BCUT2D eigenvalue weighted by molar-refractivity contribution is 0.0586. The first-order chi connectivity index (χ1) is 6.70. The molecule has 0 saturated heterocycles. The van der Waals surface area contributed by atoms with E-state index in [0.717, 1.165) is 12.8 Å². The van der Waals surface area contributed by atoms with Crippen LogP contribution in [0.15, 0.2) is 6.20 Å². The molecule has 0 unspecified atom stereocenters. The van der Waals surface area contributed by atoms with Crippen LogP contribution in [-0.2, 0) is 11.3 Å². The van der Waals surface area contributed by atoms with E-state index in [1.54, 1.807) is 4.68 Å². The van der Waals surface area contributed by atoms with Crippen molar-refractivity contribution in [2.75, 3.05) is 7.11 Å². The lowest BCUT2D eigenvalue weighted by Crippen LogP contribution is -2.12. The number of esters is 1. The molecule has 0 aromatic carbocycles. The number of methoxy groups -OCH3 is 1. The highest BCUT2D eigenvalue weighted by molar-refractivity contribution is 6.33. The molecule has 0 N–H and O–H groups in total. The van der Waals surface area contributed by atoms with Gasteiger partial charge in [0.25, 0.3) is 0 Å². The Morgan fingerprint density at radius 2 is 2.43 bits per heavy atom. The normalized spacial score (nSPS) is 10.2. The second-order valence-electron chi connectivity index (χ2n) is 2.91. The van der Waals surface area contributed by atoms with E-state index >= 15 is 0 Å². The molecule has 1 rings (SSSR count).